The van der Waals surface area contributed by atoms with Crippen LogP contribution in [0.25, 0.3) is 22.6 Å². The van der Waals surface area contributed by atoms with Crippen molar-refractivity contribution in [3.63, 3.8) is 0 Å². The lowest BCUT2D eigenvalue weighted by atomic mass is 10.1. The van der Waals surface area contributed by atoms with Gasteiger partial charge in [0.1, 0.15) is 23.0 Å². The summed E-state index contributed by atoms with van der Waals surface area (Å²) in [5.41, 5.74) is 3.19. The monoisotopic (exact) mass is 406 g/mol. The Labute approximate surface area is 172 Å². The number of hydrogen-bond donors (Lipinski definition) is 1. The minimum absolute atomic E-state index is 0.0238. The Morgan fingerprint density at radius 3 is 2.63 bits per heavy atom. The van der Waals surface area contributed by atoms with Gasteiger partial charge >= 0.3 is 0 Å². The summed E-state index contributed by atoms with van der Waals surface area (Å²) in [6.45, 7) is 2.86. The summed E-state index contributed by atoms with van der Waals surface area (Å²) >= 11 is 0. The van der Waals surface area contributed by atoms with Crippen LogP contribution in [0.4, 0.5) is 8.78 Å². The van der Waals surface area contributed by atoms with Gasteiger partial charge in [0.25, 0.3) is 5.91 Å². The maximum Gasteiger partial charge on any atom is 0.251 e. The predicted molar refractivity (Wildman–Crippen MR) is 111 cm³/mol. The van der Waals surface area contributed by atoms with Crippen LogP contribution in [0.2, 0.25) is 0 Å². The first kappa shape index (κ1) is 19.7. The number of benzene rings is 2. The zero-order chi connectivity index (χ0) is 21.1. The lowest BCUT2D eigenvalue weighted by molar-refractivity contribution is 0.0951. The fourth-order valence-electron chi connectivity index (χ4n) is 3.41. The summed E-state index contributed by atoms with van der Waals surface area (Å²) in [5, 5.41) is 2.70. The quantitative estimate of drug-likeness (QED) is 0.504. The number of imidazole rings is 1. The molecule has 0 aliphatic carbocycles. The third kappa shape index (κ3) is 4.05. The number of pyridine rings is 1. The molecule has 0 saturated carbocycles. The Morgan fingerprint density at radius 2 is 1.87 bits per heavy atom. The van der Waals surface area contributed by atoms with Crippen LogP contribution in [0.1, 0.15) is 29.3 Å². The molecule has 0 radical (unpaired) electrons. The molecule has 1 N–H and O–H groups in total. The highest BCUT2D eigenvalue weighted by atomic mass is 19.1. The first-order valence-electron chi connectivity index (χ1n) is 9.70. The van der Waals surface area contributed by atoms with Crippen LogP contribution in [0, 0.1) is 11.6 Å². The Bertz CT molecular complexity index is 1200. The number of aromatic nitrogens is 3. The van der Waals surface area contributed by atoms with Crippen molar-refractivity contribution in [3.05, 3.63) is 83.6 Å². The number of nitrogens with one attached hydrogen (secondary N) is 1. The molecule has 152 valence electrons. The molecule has 2 aromatic heterocycles. The third-order valence-corrected chi connectivity index (χ3v) is 4.71. The lowest BCUT2D eigenvalue weighted by Gasteiger charge is -2.09. The van der Waals surface area contributed by atoms with Crippen molar-refractivity contribution in [2.75, 3.05) is 0 Å². The molecule has 30 heavy (non-hydrogen) atoms. The SMILES string of the molecule is CCCn1c(-c2cccc(C(=O)NCc3cc(F)cc(F)c3)c2)nc2cccnc21. The van der Waals surface area contributed by atoms with Crippen molar-refractivity contribution in [1.29, 1.82) is 0 Å². The molecule has 0 fully saturated rings. The number of nitrogens with zero attached hydrogens (tertiary/aromatic N) is 3. The first-order valence-corrected chi connectivity index (χ1v) is 9.70. The molecule has 0 aliphatic heterocycles. The molecule has 2 heterocycles. The molecule has 0 aliphatic rings. The Morgan fingerprint density at radius 1 is 1.07 bits per heavy atom. The molecule has 2 aromatic carbocycles. The maximum atomic E-state index is 13.3. The lowest BCUT2D eigenvalue weighted by Crippen LogP contribution is -2.23. The van der Waals surface area contributed by atoms with Gasteiger partial charge < -0.3 is 9.88 Å². The van der Waals surface area contributed by atoms with Crippen LogP contribution in [-0.2, 0) is 13.1 Å². The largest absolute Gasteiger partial charge is 0.348 e. The van der Waals surface area contributed by atoms with Crippen molar-refractivity contribution in [2.24, 2.45) is 0 Å². The van der Waals surface area contributed by atoms with Crippen LogP contribution in [0.15, 0.2) is 60.8 Å². The summed E-state index contributed by atoms with van der Waals surface area (Å²) < 4.78 is 28.7. The minimum Gasteiger partial charge on any atom is -0.348 e. The molecular weight excluding hydrogens is 386 g/mol. The molecule has 0 bridgehead atoms. The fraction of sp³-hybridized carbons (Fsp3) is 0.174. The highest BCUT2D eigenvalue weighted by Crippen LogP contribution is 2.25. The van der Waals surface area contributed by atoms with Crippen molar-refractivity contribution in [3.8, 4) is 11.4 Å². The summed E-state index contributed by atoms with van der Waals surface area (Å²) in [6, 6.07) is 14.1. The molecule has 4 rings (SSSR count). The van der Waals surface area contributed by atoms with Gasteiger partial charge in [0, 0.05) is 36.5 Å². The van der Waals surface area contributed by atoms with Crippen LogP contribution in [-0.4, -0.2) is 20.4 Å². The standard InChI is InChI=1S/C23H20F2N4O/c1-2-9-29-21(28-20-7-4-8-26-22(20)29)16-5-3-6-17(12-16)23(30)27-14-15-10-18(24)13-19(25)11-15/h3-8,10-13H,2,9,14H2,1H3,(H,27,30). The molecule has 4 aromatic rings. The van der Waals surface area contributed by atoms with Gasteiger partial charge in [-0.15, -0.1) is 0 Å². The molecule has 7 heteroatoms. The predicted octanol–water partition coefficient (Wildman–Crippen LogP) is 4.72. The number of halogens is 2. The third-order valence-electron chi connectivity index (χ3n) is 4.71. The second kappa shape index (κ2) is 8.41. The summed E-state index contributed by atoms with van der Waals surface area (Å²) in [4.78, 5) is 21.8. The van der Waals surface area contributed by atoms with E-state index in [4.69, 9.17) is 4.98 Å². The van der Waals surface area contributed by atoms with E-state index in [0.29, 0.717) is 11.1 Å². The van der Waals surface area contributed by atoms with Crippen LogP contribution in [0.5, 0.6) is 0 Å². The molecule has 0 spiro atoms. The van der Waals surface area contributed by atoms with E-state index < -0.39 is 11.6 Å². The Balaban J connectivity index is 1.60. The van der Waals surface area contributed by atoms with Crippen molar-refractivity contribution >= 4 is 17.1 Å². The highest BCUT2D eigenvalue weighted by Gasteiger charge is 2.15. The van der Waals surface area contributed by atoms with E-state index >= 15 is 0 Å². The van der Waals surface area contributed by atoms with E-state index in [0.717, 1.165) is 41.6 Å². The van der Waals surface area contributed by atoms with Gasteiger partial charge in [-0.05, 0) is 48.4 Å². The number of fused-ring (bicyclic) bond motifs is 1. The first-order chi connectivity index (χ1) is 14.5. The zero-order valence-electron chi connectivity index (χ0n) is 16.4. The van der Waals surface area contributed by atoms with E-state index in [9.17, 15) is 13.6 Å². The minimum atomic E-state index is -0.676. The number of hydrogen-bond acceptors (Lipinski definition) is 3. The Hall–Kier alpha value is -3.61. The van der Waals surface area contributed by atoms with E-state index in [1.807, 2.05) is 22.8 Å². The zero-order valence-corrected chi connectivity index (χ0v) is 16.4. The van der Waals surface area contributed by atoms with Crippen LogP contribution >= 0.6 is 0 Å². The van der Waals surface area contributed by atoms with E-state index in [1.54, 1.807) is 24.4 Å². The highest BCUT2D eigenvalue weighted by molar-refractivity contribution is 5.95. The summed E-state index contributed by atoms with van der Waals surface area (Å²) in [7, 11) is 0. The van der Waals surface area contributed by atoms with Gasteiger partial charge in [-0.1, -0.05) is 19.1 Å². The summed E-state index contributed by atoms with van der Waals surface area (Å²) in [6.07, 6.45) is 2.65. The molecule has 5 nitrogen and oxygen atoms in total. The molecule has 0 unspecified atom stereocenters. The van der Waals surface area contributed by atoms with Gasteiger partial charge in [0.2, 0.25) is 0 Å². The van der Waals surface area contributed by atoms with Crippen molar-refractivity contribution in [1.82, 2.24) is 19.9 Å². The smallest absolute Gasteiger partial charge is 0.251 e. The molecular formula is C23H20F2N4O. The molecule has 0 saturated heterocycles. The topological polar surface area (TPSA) is 59.8 Å². The van der Waals surface area contributed by atoms with Gasteiger partial charge in [0.05, 0.1) is 0 Å². The second-order valence-corrected chi connectivity index (χ2v) is 6.97. The van der Waals surface area contributed by atoms with Gasteiger partial charge in [-0.3, -0.25) is 4.79 Å². The number of carbonyl (C=O) groups excluding carboxylic acids is 1. The van der Waals surface area contributed by atoms with Crippen LogP contribution < -0.4 is 5.32 Å². The average molecular weight is 406 g/mol. The van der Waals surface area contributed by atoms with E-state index in [1.165, 1.54) is 12.1 Å². The Kier molecular flexibility index (Phi) is 5.52. The normalized spacial score (nSPS) is 11.0. The van der Waals surface area contributed by atoms with Crippen molar-refractivity contribution < 1.29 is 13.6 Å². The van der Waals surface area contributed by atoms with E-state index in [2.05, 4.69) is 17.2 Å². The molecule has 0 atom stereocenters. The average Bonchev–Trinajstić information content (AvgIpc) is 3.10. The van der Waals surface area contributed by atoms with Crippen molar-refractivity contribution in [2.45, 2.75) is 26.4 Å². The molecule has 1 amide bonds. The van der Waals surface area contributed by atoms with E-state index in [-0.39, 0.29) is 12.5 Å². The second-order valence-electron chi connectivity index (χ2n) is 6.97. The van der Waals surface area contributed by atoms with Crippen LogP contribution in [0.3, 0.4) is 0 Å². The fourth-order valence-corrected chi connectivity index (χ4v) is 3.41. The number of carbonyl (C=O) groups is 1. The number of rotatable bonds is 6. The maximum absolute atomic E-state index is 13.3. The number of amides is 1. The van der Waals surface area contributed by atoms with Gasteiger partial charge in [-0.25, -0.2) is 18.7 Å². The van der Waals surface area contributed by atoms with Gasteiger partial charge in [0.15, 0.2) is 5.65 Å². The number of aryl methyl sites for hydroxylation is 1. The summed E-state index contributed by atoms with van der Waals surface area (Å²) in [5.74, 6) is -0.945. The van der Waals surface area contributed by atoms with Gasteiger partial charge in [-0.2, -0.15) is 0 Å².